The van der Waals surface area contributed by atoms with Crippen molar-refractivity contribution in [3.8, 4) is 17.2 Å². The third kappa shape index (κ3) is 17.6. The fraction of sp³-hybridized carbons (Fsp3) is 0.600. The van der Waals surface area contributed by atoms with E-state index in [4.69, 9.17) is 33.2 Å². The van der Waals surface area contributed by atoms with Crippen LogP contribution in [-0.4, -0.2) is 103 Å². The standard InChI is InChI=1S/C40H59N3O14/c1-37(2,3)54-33(45)21-41(22-34(46)55-38(4,5)6)28-15-14-27(51-13)19-31(28)52-16-17-53-32-20-29(43(49)50)26(25-44)18-30(32)42(23-35(47)56-39(7,8)9)24-36(48)57-40(10,11)12/h14-15,18-20,44H,16-17,21-25H2,1-13H3. The molecule has 0 spiro atoms. The lowest BCUT2D eigenvalue weighted by atomic mass is 10.1. The Labute approximate surface area is 334 Å². The Balaban J connectivity index is 2.55. The topological polar surface area (TPSA) is 203 Å². The maximum Gasteiger partial charge on any atom is 0.326 e. The van der Waals surface area contributed by atoms with Crippen LogP contribution in [-0.2, 0) is 44.7 Å². The van der Waals surface area contributed by atoms with Gasteiger partial charge in [-0.15, -0.1) is 0 Å². The number of carbonyl (C=O) groups excluding carboxylic acids is 4. The van der Waals surface area contributed by atoms with Crippen LogP contribution < -0.4 is 24.0 Å². The van der Waals surface area contributed by atoms with E-state index in [1.54, 1.807) is 101 Å². The number of carbonyl (C=O) groups is 4. The van der Waals surface area contributed by atoms with E-state index in [1.807, 2.05) is 0 Å². The first-order chi connectivity index (χ1) is 26.1. The van der Waals surface area contributed by atoms with Crippen molar-refractivity contribution in [1.82, 2.24) is 0 Å². The van der Waals surface area contributed by atoms with Gasteiger partial charge in [0.25, 0.3) is 5.69 Å². The lowest BCUT2D eigenvalue weighted by molar-refractivity contribution is -0.385. The summed E-state index contributed by atoms with van der Waals surface area (Å²) in [5, 5.41) is 22.1. The SMILES string of the molecule is COc1ccc(N(CC(=O)OC(C)(C)C)CC(=O)OC(C)(C)C)c(OCCOc2cc([N+](=O)[O-])c(CO)cc2N(CC(=O)OC(C)(C)C)CC(=O)OC(C)(C)C)c1. The number of rotatable bonds is 18. The molecule has 57 heavy (non-hydrogen) atoms. The van der Waals surface area contributed by atoms with Crippen molar-refractivity contribution in [2.45, 2.75) is 112 Å². The average Bonchev–Trinajstić information content (AvgIpc) is 3.02. The lowest BCUT2D eigenvalue weighted by Crippen LogP contribution is -2.40. The van der Waals surface area contributed by atoms with Gasteiger partial charge in [-0.25, -0.2) is 0 Å². The van der Waals surface area contributed by atoms with Crippen molar-refractivity contribution in [2.75, 3.05) is 56.3 Å². The molecule has 0 aromatic heterocycles. The maximum atomic E-state index is 13.1. The number of esters is 4. The number of hydrogen-bond donors (Lipinski definition) is 1. The molecule has 0 aliphatic heterocycles. The number of nitro groups is 1. The van der Waals surface area contributed by atoms with Crippen molar-refractivity contribution in [2.24, 2.45) is 0 Å². The second kappa shape index (κ2) is 19.7. The second-order valence-electron chi connectivity index (χ2n) is 17.0. The van der Waals surface area contributed by atoms with Gasteiger partial charge in [0, 0.05) is 6.07 Å². The summed E-state index contributed by atoms with van der Waals surface area (Å²) < 4.78 is 39.6. The molecule has 17 nitrogen and oxygen atoms in total. The van der Waals surface area contributed by atoms with E-state index >= 15 is 0 Å². The minimum Gasteiger partial charge on any atom is -0.497 e. The number of nitrogens with zero attached hydrogens (tertiary/aromatic N) is 3. The Kier molecular flexibility index (Phi) is 16.5. The molecule has 318 valence electrons. The molecule has 2 rings (SSSR count). The van der Waals surface area contributed by atoms with Crippen LogP contribution in [0.2, 0.25) is 0 Å². The van der Waals surface area contributed by atoms with Crippen LogP contribution in [0, 0.1) is 10.1 Å². The van der Waals surface area contributed by atoms with Gasteiger partial charge in [0.1, 0.15) is 79.0 Å². The highest BCUT2D eigenvalue weighted by molar-refractivity contribution is 5.84. The number of methoxy groups -OCH3 is 1. The number of ether oxygens (including phenoxy) is 7. The number of aliphatic hydroxyl groups excluding tert-OH is 1. The Morgan fingerprint density at radius 2 is 0.982 bits per heavy atom. The Morgan fingerprint density at radius 1 is 0.614 bits per heavy atom. The van der Waals surface area contributed by atoms with E-state index in [1.165, 1.54) is 23.0 Å². The summed E-state index contributed by atoms with van der Waals surface area (Å²) in [6, 6.07) is 7.10. The van der Waals surface area contributed by atoms with Crippen LogP contribution in [0.5, 0.6) is 17.2 Å². The Bertz CT molecular complexity index is 1670. The van der Waals surface area contributed by atoms with E-state index in [-0.39, 0.29) is 49.1 Å². The minimum absolute atomic E-state index is 0.0596. The lowest BCUT2D eigenvalue weighted by Gasteiger charge is -2.29. The highest BCUT2D eigenvalue weighted by atomic mass is 16.6. The van der Waals surface area contributed by atoms with E-state index in [0.717, 1.165) is 6.07 Å². The third-order valence-electron chi connectivity index (χ3n) is 6.93. The molecule has 0 fully saturated rings. The molecule has 17 heteroatoms. The quantitative estimate of drug-likeness (QED) is 0.0647. The van der Waals surface area contributed by atoms with Crippen LogP contribution in [0.3, 0.4) is 0 Å². The van der Waals surface area contributed by atoms with Gasteiger partial charge >= 0.3 is 23.9 Å². The number of aliphatic hydroxyl groups is 1. The van der Waals surface area contributed by atoms with E-state index < -0.39 is 76.6 Å². The molecule has 0 amide bonds. The summed E-state index contributed by atoms with van der Waals surface area (Å²) in [5.41, 5.74) is -3.54. The molecule has 0 radical (unpaired) electrons. The summed E-state index contributed by atoms with van der Waals surface area (Å²) in [7, 11) is 1.45. The number of benzene rings is 2. The highest BCUT2D eigenvalue weighted by Crippen LogP contribution is 2.37. The van der Waals surface area contributed by atoms with Crippen molar-refractivity contribution >= 4 is 40.9 Å². The van der Waals surface area contributed by atoms with Crippen LogP contribution in [0.15, 0.2) is 30.3 Å². The summed E-state index contributed by atoms with van der Waals surface area (Å²) >= 11 is 0. The minimum atomic E-state index is -0.870. The molecule has 1 N–H and O–H groups in total. The Hall–Kier alpha value is -5.32. The van der Waals surface area contributed by atoms with Gasteiger partial charge in [0.2, 0.25) is 0 Å². The molecule has 0 atom stereocenters. The van der Waals surface area contributed by atoms with Crippen molar-refractivity contribution in [3.05, 3.63) is 46.0 Å². The molecular formula is C40H59N3O14. The van der Waals surface area contributed by atoms with Gasteiger partial charge in [-0.1, -0.05) is 0 Å². The van der Waals surface area contributed by atoms with Gasteiger partial charge < -0.3 is 48.1 Å². The van der Waals surface area contributed by atoms with Gasteiger partial charge in [0.15, 0.2) is 0 Å². The fourth-order valence-electron chi connectivity index (χ4n) is 5.13. The second-order valence-corrected chi connectivity index (χ2v) is 17.0. The van der Waals surface area contributed by atoms with Crippen molar-refractivity contribution < 1.29 is 62.4 Å². The van der Waals surface area contributed by atoms with Crippen LogP contribution >= 0.6 is 0 Å². The molecule has 0 heterocycles. The maximum absolute atomic E-state index is 13.1. The first kappa shape index (κ1) is 47.8. The molecular weight excluding hydrogens is 746 g/mol. The zero-order valence-corrected chi connectivity index (χ0v) is 35.4. The Morgan fingerprint density at radius 3 is 1.32 bits per heavy atom. The van der Waals surface area contributed by atoms with Gasteiger partial charge in [-0.2, -0.15) is 0 Å². The van der Waals surface area contributed by atoms with Crippen molar-refractivity contribution in [1.29, 1.82) is 0 Å². The van der Waals surface area contributed by atoms with Crippen LogP contribution in [0.1, 0.15) is 88.6 Å². The summed E-state index contributed by atoms with van der Waals surface area (Å²) in [6.45, 7) is 17.5. The predicted molar refractivity (Wildman–Crippen MR) is 211 cm³/mol. The van der Waals surface area contributed by atoms with Crippen LogP contribution in [0.25, 0.3) is 0 Å². The smallest absolute Gasteiger partial charge is 0.326 e. The van der Waals surface area contributed by atoms with E-state index in [2.05, 4.69) is 0 Å². The first-order valence-corrected chi connectivity index (χ1v) is 18.3. The molecule has 0 saturated heterocycles. The van der Waals surface area contributed by atoms with Gasteiger partial charge in [-0.05, 0) is 101 Å². The fourth-order valence-corrected chi connectivity index (χ4v) is 5.13. The number of anilines is 2. The highest BCUT2D eigenvalue weighted by Gasteiger charge is 2.29. The molecule has 0 aliphatic rings. The summed E-state index contributed by atoms with van der Waals surface area (Å²) in [4.78, 5) is 66.2. The normalized spacial score (nSPS) is 11.9. The predicted octanol–water partition coefficient (Wildman–Crippen LogP) is 5.53. The largest absolute Gasteiger partial charge is 0.497 e. The average molecular weight is 806 g/mol. The molecule has 2 aromatic rings. The number of hydrogen-bond acceptors (Lipinski definition) is 16. The molecule has 0 saturated carbocycles. The summed E-state index contributed by atoms with van der Waals surface area (Å²) in [5.74, 6) is -2.19. The van der Waals surface area contributed by atoms with E-state index in [0.29, 0.717) is 11.4 Å². The monoisotopic (exact) mass is 805 g/mol. The molecule has 2 aromatic carbocycles. The zero-order valence-electron chi connectivity index (χ0n) is 35.4. The molecule has 0 bridgehead atoms. The third-order valence-corrected chi connectivity index (χ3v) is 6.93. The zero-order chi connectivity index (χ0) is 43.5. The number of nitro benzene ring substituents is 1. The molecule has 0 aliphatic carbocycles. The van der Waals surface area contributed by atoms with E-state index in [9.17, 15) is 34.4 Å². The van der Waals surface area contributed by atoms with Crippen LogP contribution in [0.4, 0.5) is 17.1 Å². The van der Waals surface area contributed by atoms with Gasteiger partial charge in [-0.3, -0.25) is 29.3 Å². The molecule has 0 unspecified atom stereocenters. The summed E-state index contributed by atoms with van der Waals surface area (Å²) in [6.07, 6.45) is 0. The van der Waals surface area contributed by atoms with Gasteiger partial charge in [0.05, 0.1) is 41.6 Å². The van der Waals surface area contributed by atoms with Crippen molar-refractivity contribution in [3.63, 3.8) is 0 Å². The first-order valence-electron chi connectivity index (χ1n) is 18.3.